The van der Waals surface area contributed by atoms with E-state index in [1.165, 1.54) is 22.7 Å². The van der Waals surface area contributed by atoms with E-state index in [9.17, 15) is 32.8 Å². The molecular weight excluding hydrogens is 559 g/mol. The molecule has 9 nitrogen and oxygen atoms in total. The summed E-state index contributed by atoms with van der Waals surface area (Å²) in [5, 5.41) is 9.37. The Labute approximate surface area is 241 Å². The number of carbonyl (C=O) groups excluding carboxylic acids is 3. The fourth-order valence-electron chi connectivity index (χ4n) is 6.00. The molecule has 3 heterocycles. The van der Waals surface area contributed by atoms with Crippen LogP contribution in [0, 0.1) is 11.5 Å². The normalized spacial score (nSPS) is 25.4. The molecule has 3 atom stereocenters. The molecule has 1 aliphatic carbocycles. The number of hydrogen-bond donors (Lipinski definition) is 0. The van der Waals surface area contributed by atoms with Gasteiger partial charge in [0.2, 0.25) is 5.91 Å². The van der Waals surface area contributed by atoms with Gasteiger partial charge in [-0.2, -0.15) is 18.4 Å². The van der Waals surface area contributed by atoms with E-state index >= 15 is 0 Å². The number of hydrogen-bond acceptors (Lipinski definition) is 7. The summed E-state index contributed by atoms with van der Waals surface area (Å²) in [4.78, 5) is 46.5. The Balaban J connectivity index is 1.28. The molecule has 1 unspecified atom stereocenters. The van der Waals surface area contributed by atoms with Crippen LogP contribution in [0.1, 0.15) is 51.0 Å². The molecule has 1 saturated carbocycles. The van der Waals surface area contributed by atoms with Gasteiger partial charge in [0.25, 0.3) is 5.91 Å². The minimum Gasteiger partial charge on any atom is -0.450 e. The summed E-state index contributed by atoms with van der Waals surface area (Å²) >= 11 is 1.23. The zero-order valence-corrected chi connectivity index (χ0v) is 23.7. The van der Waals surface area contributed by atoms with E-state index < -0.39 is 29.7 Å². The number of amides is 3. The largest absolute Gasteiger partial charge is 0.450 e. The van der Waals surface area contributed by atoms with Crippen LogP contribution in [0.25, 0.3) is 0 Å². The molecule has 0 spiro atoms. The molecule has 222 valence electrons. The summed E-state index contributed by atoms with van der Waals surface area (Å²) in [6.45, 7) is 4.11. The van der Waals surface area contributed by atoms with Crippen LogP contribution in [0.5, 0.6) is 0 Å². The minimum absolute atomic E-state index is 0.123. The van der Waals surface area contributed by atoms with E-state index in [0.29, 0.717) is 43.9 Å². The van der Waals surface area contributed by atoms with Crippen LogP contribution in [0.3, 0.4) is 0 Å². The monoisotopic (exact) mass is 593 g/mol. The molecule has 41 heavy (non-hydrogen) atoms. The van der Waals surface area contributed by atoms with Gasteiger partial charge in [0.05, 0.1) is 18.2 Å². The Kier molecular flexibility index (Phi) is 8.70. The first-order chi connectivity index (χ1) is 19.6. The molecule has 4 fully saturated rings. The van der Waals surface area contributed by atoms with Crippen molar-refractivity contribution < 1.29 is 32.3 Å². The van der Waals surface area contributed by atoms with Crippen molar-refractivity contribution in [2.75, 3.05) is 32.8 Å². The van der Waals surface area contributed by atoms with Gasteiger partial charge >= 0.3 is 12.3 Å². The lowest BCUT2D eigenvalue weighted by Crippen LogP contribution is -2.63. The van der Waals surface area contributed by atoms with Crippen LogP contribution in [-0.4, -0.2) is 99.7 Å². The van der Waals surface area contributed by atoms with Gasteiger partial charge in [0, 0.05) is 48.4 Å². The van der Waals surface area contributed by atoms with E-state index in [2.05, 4.69) is 4.90 Å². The molecule has 3 amide bonds. The van der Waals surface area contributed by atoms with E-state index in [0.717, 1.165) is 31.5 Å². The number of nitrogens with zero attached hydrogens (tertiary/aromatic N) is 5. The highest BCUT2D eigenvalue weighted by Gasteiger charge is 2.49. The van der Waals surface area contributed by atoms with Crippen molar-refractivity contribution in [1.29, 1.82) is 5.26 Å². The standard InChI is InChI=1S/C28H34F3N5O4S/c1-2-40-27(39)33-11-8-20(9-12-33)34-13-10-23(34)25(37)35-16-22(15-24(35)26(38)36(17-32)19-6-7-19)41-21-5-3-4-18(14-21)28(29,30)31/h3-5,14,19-20,22-24H,2,6-13,15-16H2,1H3/t22-,23?,24+/m1/s1. The molecule has 3 aliphatic heterocycles. The first-order valence-corrected chi connectivity index (χ1v) is 15.0. The number of carbonyl (C=O) groups is 3. The van der Waals surface area contributed by atoms with Gasteiger partial charge in [-0.05, 0) is 63.6 Å². The number of likely N-dealkylation sites (tertiary alicyclic amines) is 3. The van der Waals surface area contributed by atoms with E-state index in [-0.39, 0.29) is 42.3 Å². The van der Waals surface area contributed by atoms with Crippen LogP contribution >= 0.6 is 11.8 Å². The Morgan fingerprint density at radius 2 is 1.83 bits per heavy atom. The highest BCUT2D eigenvalue weighted by atomic mass is 32.2. The van der Waals surface area contributed by atoms with Crippen molar-refractivity contribution in [2.45, 2.75) is 85.9 Å². The van der Waals surface area contributed by atoms with Gasteiger partial charge in [0.1, 0.15) is 6.04 Å². The molecular formula is C28H34F3N5O4S. The fraction of sp³-hybridized carbons (Fsp3) is 0.643. The summed E-state index contributed by atoms with van der Waals surface area (Å²) in [6, 6.07) is 3.80. The van der Waals surface area contributed by atoms with Crippen molar-refractivity contribution in [1.82, 2.24) is 19.6 Å². The first kappa shape index (κ1) is 29.5. The summed E-state index contributed by atoms with van der Waals surface area (Å²) in [7, 11) is 0. The average molecular weight is 594 g/mol. The summed E-state index contributed by atoms with van der Waals surface area (Å²) in [6.07, 6.45) is 1.00. The third-order valence-corrected chi connectivity index (χ3v) is 9.56. The molecule has 0 bridgehead atoms. The predicted molar refractivity (Wildman–Crippen MR) is 143 cm³/mol. The number of benzene rings is 1. The maximum absolute atomic E-state index is 13.9. The van der Waals surface area contributed by atoms with Gasteiger partial charge < -0.3 is 14.5 Å². The van der Waals surface area contributed by atoms with E-state index in [1.807, 2.05) is 6.19 Å². The summed E-state index contributed by atoms with van der Waals surface area (Å²) < 4.78 is 44.9. The van der Waals surface area contributed by atoms with Gasteiger partial charge in [-0.25, -0.2) is 9.69 Å². The Bertz CT molecular complexity index is 1200. The zero-order chi connectivity index (χ0) is 29.3. The molecule has 5 rings (SSSR count). The van der Waals surface area contributed by atoms with Gasteiger partial charge in [-0.1, -0.05) is 6.07 Å². The van der Waals surface area contributed by atoms with E-state index in [1.54, 1.807) is 22.8 Å². The van der Waals surface area contributed by atoms with Gasteiger partial charge in [0.15, 0.2) is 6.19 Å². The molecule has 3 saturated heterocycles. The van der Waals surface area contributed by atoms with Crippen LogP contribution in [0.4, 0.5) is 18.0 Å². The summed E-state index contributed by atoms with van der Waals surface area (Å²) in [5.41, 5.74) is -0.746. The highest BCUT2D eigenvalue weighted by Crippen LogP contribution is 2.39. The van der Waals surface area contributed by atoms with Crippen molar-refractivity contribution in [2.24, 2.45) is 0 Å². The second-order valence-electron chi connectivity index (χ2n) is 11.0. The van der Waals surface area contributed by atoms with Gasteiger partial charge in [-0.3, -0.25) is 14.5 Å². The number of piperidine rings is 1. The number of thioether (sulfide) groups is 1. The lowest BCUT2D eigenvalue weighted by atomic mass is 9.93. The van der Waals surface area contributed by atoms with Crippen LogP contribution in [0.2, 0.25) is 0 Å². The van der Waals surface area contributed by atoms with Crippen LogP contribution in [0.15, 0.2) is 29.2 Å². The number of ether oxygens (including phenoxy) is 1. The van der Waals surface area contributed by atoms with Crippen LogP contribution < -0.4 is 0 Å². The Morgan fingerprint density at radius 3 is 2.41 bits per heavy atom. The molecule has 0 aromatic heterocycles. The topological polar surface area (TPSA) is 97.2 Å². The maximum atomic E-state index is 13.9. The summed E-state index contributed by atoms with van der Waals surface area (Å²) in [5.74, 6) is -0.590. The predicted octanol–water partition coefficient (Wildman–Crippen LogP) is 3.93. The Hall–Kier alpha value is -2.98. The second kappa shape index (κ2) is 12.1. The smallest absolute Gasteiger partial charge is 0.416 e. The van der Waals surface area contributed by atoms with Gasteiger partial charge in [-0.15, -0.1) is 11.8 Å². The van der Waals surface area contributed by atoms with Crippen LogP contribution in [-0.2, 0) is 20.5 Å². The Morgan fingerprint density at radius 1 is 1.10 bits per heavy atom. The van der Waals surface area contributed by atoms with Crippen molar-refractivity contribution in [3.63, 3.8) is 0 Å². The first-order valence-electron chi connectivity index (χ1n) is 14.1. The maximum Gasteiger partial charge on any atom is 0.416 e. The van der Waals surface area contributed by atoms with Crippen molar-refractivity contribution in [3.05, 3.63) is 29.8 Å². The minimum atomic E-state index is -4.47. The zero-order valence-electron chi connectivity index (χ0n) is 22.9. The third kappa shape index (κ3) is 6.43. The second-order valence-corrected chi connectivity index (χ2v) is 12.4. The molecule has 13 heteroatoms. The number of rotatable bonds is 7. The molecule has 0 radical (unpaired) electrons. The number of halogens is 3. The molecule has 1 aromatic carbocycles. The van der Waals surface area contributed by atoms with E-state index in [4.69, 9.17) is 4.74 Å². The van der Waals surface area contributed by atoms with Crippen molar-refractivity contribution >= 4 is 29.7 Å². The number of alkyl halides is 3. The molecule has 0 N–H and O–H groups in total. The SMILES string of the molecule is CCOC(=O)N1CCC(N2CCC2C(=O)N2C[C@H](Sc3cccc(C(F)(F)F)c3)C[C@H]2C(=O)N(C#N)C2CC2)CC1. The highest BCUT2D eigenvalue weighted by molar-refractivity contribution is 8.00. The lowest BCUT2D eigenvalue weighted by molar-refractivity contribution is -0.150. The lowest BCUT2D eigenvalue weighted by Gasteiger charge is -2.49. The quantitative estimate of drug-likeness (QED) is 0.349. The third-order valence-electron chi connectivity index (χ3n) is 8.36. The molecule has 4 aliphatic rings. The molecule has 1 aromatic rings. The average Bonchev–Trinajstić information content (AvgIpc) is 3.67. The number of nitriles is 1. The van der Waals surface area contributed by atoms with Crippen molar-refractivity contribution in [3.8, 4) is 6.19 Å². The fourth-order valence-corrected chi connectivity index (χ4v) is 7.25.